The predicted octanol–water partition coefficient (Wildman–Crippen LogP) is 6.19. The molecule has 4 bridgehead atoms. The zero-order valence-corrected chi connectivity index (χ0v) is 15.5. The third-order valence-electron chi connectivity index (χ3n) is 3.92. The molecule has 0 fully saturated rings. The van der Waals surface area contributed by atoms with Crippen molar-refractivity contribution in [1.29, 1.82) is 0 Å². The van der Waals surface area contributed by atoms with Crippen LogP contribution in [0.1, 0.15) is 0 Å². The van der Waals surface area contributed by atoms with Crippen LogP contribution >= 0.6 is 0 Å². The minimum atomic E-state index is 1.09. The van der Waals surface area contributed by atoms with Gasteiger partial charge in [-0.1, -0.05) is 96.6 Å². The molecule has 0 unspecified atom stereocenters. The molecule has 3 aliphatic carbocycles. The molecule has 0 amide bonds. The zero-order chi connectivity index (χ0) is 19.3. The van der Waals surface area contributed by atoms with Gasteiger partial charge in [0, 0.05) is 0 Å². The predicted molar refractivity (Wildman–Crippen MR) is 121 cm³/mol. The van der Waals surface area contributed by atoms with E-state index in [1.165, 1.54) is 0 Å². The highest BCUT2D eigenvalue weighted by atomic mass is 14.0. The maximum Gasteiger partial charge on any atom is -0.0109 e. The van der Waals surface area contributed by atoms with Gasteiger partial charge in [-0.25, -0.2) is 0 Å². The van der Waals surface area contributed by atoms with E-state index in [4.69, 9.17) is 0 Å². The fraction of sp³-hybridized carbons (Fsp3) is 0. The molecule has 132 valence electrons. The van der Waals surface area contributed by atoms with Gasteiger partial charge in [0.2, 0.25) is 0 Å². The Balaban J connectivity index is 1.94. The summed E-state index contributed by atoms with van der Waals surface area (Å²) in [6.07, 6.45) is 40.1. The second kappa shape index (κ2) is 10.9. The van der Waals surface area contributed by atoms with Crippen molar-refractivity contribution in [3.05, 3.63) is 144 Å². The number of allylic oxidation sites excluding steroid dienone is 24. The summed E-state index contributed by atoms with van der Waals surface area (Å²) >= 11 is 0. The average Bonchev–Trinajstić information content (AvgIpc) is 2.66. The van der Waals surface area contributed by atoms with Crippen LogP contribution < -0.4 is 0 Å². The molecule has 0 aliphatic heterocycles. The Kier molecular flexibility index (Phi) is 7.29. The lowest BCUT2D eigenvalue weighted by atomic mass is 10.1. The smallest absolute Gasteiger partial charge is 0.0109 e. The van der Waals surface area contributed by atoms with Crippen LogP contribution in [0.4, 0.5) is 0 Å². The number of hydrogen-bond acceptors (Lipinski definition) is 0. The Labute approximate surface area is 167 Å². The molecule has 0 saturated carbocycles. The van der Waals surface area contributed by atoms with E-state index < -0.39 is 0 Å². The van der Waals surface area contributed by atoms with E-state index in [9.17, 15) is 0 Å². The molecule has 0 nitrogen and oxygen atoms in total. The van der Waals surface area contributed by atoms with E-state index in [2.05, 4.69) is 72.3 Å². The molecule has 0 radical (unpaired) electrons. The van der Waals surface area contributed by atoms with Crippen molar-refractivity contribution in [3.8, 4) is 23.7 Å². The minimum absolute atomic E-state index is 1.09. The molecule has 0 aromatic carbocycles. The maximum atomic E-state index is 3.06. The minimum Gasteiger partial charge on any atom is -0.0702 e. The average molecular weight is 356 g/mol. The Morgan fingerprint density at radius 3 is 0.821 bits per heavy atom. The van der Waals surface area contributed by atoms with E-state index in [1.54, 1.807) is 0 Å². The summed E-state index contributed by atoms with van der Waals surface area (Å²) < 4.78 is 0. The lowest BCUT2D eigenvalue weighted by Crippen LogP contribution is -1.78. The van der Waals surface area contributed by atoms with Crippen molar-refractivity contribution < 1.29 is 0 Å². The van der Waals surface area contributed by atoms with Gasteiger partial charge in [0.25, 0.3) is 0 Å². The van der Waals surface area contributed by atoms with E-state index in [0.717, 1.165) is 22.3 Å². The highest BCUT2D eigenvalue weighted by Crippen LogP contribution is 2.10. The first-order valence-electron chi connectivity index (χ1n) is 9.12. The summed E-state index contributed by atoms with van der Waals surface area (Å²) in [6.45, 7) is 0. The lowest BCUT2D eigenvalue weighted by Gasteiger charge is -1.97. The fourth-order valence-electron chi connectivity index (χ4n) is 2.46. The van der Waals surface area contributed by atoms with E-state index in [1.807, 2.05) is 72.9 Å². The summed E-state index contributed by atoms with van der Waals surface area (Å²) in [4.78, 5) is 0. The van der Waals surface area contributed by atoms with Gasteiger partial charge in [0.05, 0.1) is 0 Å². The third-order valence-corrected chi connectivity index (χ3v) is 3.92. The second-order valence-corrected chi connectivity index (χ2v) is 6.01. The Morgan fingerprint density at radius 1 is 0.321 bits per heavy atom. The molecule has 0 aromatic rings. The van der Waals surface area contributed by atoms with Crippen molar-refractivity contribution in [3.63, 3.8) is 0 Å². The van der Waals surface area contributed by atoms with E-state index >= 15 is 0 Å². The second-order valence-electron chi connectivity index (χ2n) is 6.01. The summed E-state index contributed by atoms with van der Waals surface area (Å²) in [7, 11) is 0. The molecule has 0 atom stereocenters. The topological polar surface area (TPSA) is 0 Å². The standard InChI is InChI=1S/C28H20/c1-2-6-14-26-18-11-12-20-28(24-23-26)16-8-4-3-7-15-27-19-10-9-17-25(13-5-1)21-22-27/h5-24H/b10-9?,12-11?,13-5-,14-6-,15-7-,16-8+,17-9-,18-11-,19-10-,20-12-,22-21?,24-23?,25-13?,25-17?,25-21-,26-14?,26-18?,26-23-,27-15?,27-19?,27-22-,28-16?,28-20?,28-24-. The van der Waals surface area contributed by atoms with Crippen molar-refractivity contribution in [2.75, 3.05) is 0 Å². The highest BCUT2D eigenvalue weighted by Gasteiger charge is 1.91. The van der Waals surface area contributed by atoms with Crippen LogP contribution in [-0.4, -0.2) is 0 Å². The van der Waals surface area contributed by atoms with Gasteiger partial charge >= 0.3 is 0 Å². The summed E-state index contributed by atoms with van der Waals surface area (Å²) in [6, 6.07) is 0. The third kappa shape index (κ3) is 6.72. The lowest BCUT2D eigenvalue weighted by molar-refractivity contribution is 1.60. The SMILES string of the molecule is C1#C\C=C/C2=C/C=C(\C=C/C=C\2)/C=C/C#C\C=C/C2=C/C=C(/C=C\1)\C=C/C=C\2. The Morgan fingerprint density at radius 2 is 0.571 bits per heavy atom. The molecular weight excluding hydrogens is 336 g/mol. The monoisotopic (exact) mass is 356 g/mol. The summed E-state index contributed by atoms with van der Waals surface area (Å²) in [5.74, 6) is 12.2. The van der Waals surface area contributed by atoms with Crippen LogP contribution in [0.2, 0.25) is 0 Å². The highest BCUT2D eigenvalue weighted by molar-refractivity contribution is 5.48. The van der Waals surface area contributed by atoms with Crippen molar-refractivity contribution in [2.45, 2.75) is 0 Å². The van der Waals surface area contributed by atoms with Gasteiger partial charge in [-0.3, -0.25) is 0 Å². The number of hydrogen-bond donors (Lipinski definition) is 0. The quantitative estimate of drug-likeness (QED) is 0.454. The Bertz CT molecular complexity index is 910. The molecule has 0 spiro atoms. The van der Waals surface area contributed by atoms with E-state index in [-0.39, 0.29) is 0 Å². The Hall–Kier alpha value is -4.00. The van der Waals surface area contributed by atoms with Gasteiger partial charge in [-0.15, -0.1) is 0 Å². The van der Waals surface area contributed by atoms with Gasteiger partial charge in [0.1, 0.15) is 0 Å². The van der Waals surface area contributed by atoms with Gasteiger partial charge in [0.15, 0.2) is 0 Å². The molecule has 3 aliphatic rings. The molecule has 0 saturated heterocycles. The molecule has 0 N–H and O–H groups in total. The number of fused-ring (bicyclic) bond motifs is 2. The maximum absolute atomic E-state index is 3.06. The van der Waals surface area contributed by atoms with Crippen LogP contribution in [0.15, 0.2) is 144 Å². The van der Waals surface area contributed by atoms with Crippen molar-refractivity contribution in [1.82, 2.24) is 0 Å². The van der Waals surface area contributed by atoms with E-state index in [0.29, 0.717) is 0 Å². The van der Waals surface area contributed by atoms with Crippen LogP contribution in [0, 0.1) is 23.7 Å². The molecule has 0 heteroatoms. The fourth-order valence-corrected chi connectivity index (χ4v) is 2.46. The van der Waals surface area contributed by atoms with Crippen LogP contribution in [0.25, 0.3) is 0 Å². The van der Waals surface area contributed by atoms with Crippen molar-refractivity contribution >= 4 is 0 Å². The largest absolute Gasteiger partial charge is 0.0702 e. The number of rotatable bonds is 0. The molecular formula is C28H20. The van der Waals surface area contributed by atoms with Crippen LogP contribution in [-0.2, 0) is 0 Å². The van der Waals surface area contributed by atoms with Crippen molar-refractivity contribution in [2.24, 2.45) is 0 Å². The van der Waals surface area contributed by atoms with Crippen LogP contribution in [0.5, 0.6) is 0 Å². The summed E-state index contributed by atoms with van der Waals surface area (Å²) in [5.41, 5.74) is 4.36. The molecule has 3 rings (SSSR count). The van der Waals surface area contributed by atoms with Gasteiger partial charge in [-0.05, 0) is 70.9 Å². The first kappa shape index (κ1) is 18.8. The molecule has 0 heterocycles. The first-order chi connectivity index (χ1) is 13.9. The summed E-state index contributed by atoms with van der Waals surface area (Å²) in [5, 5.41) is 0. The van der Waals surface area contributed by atoms with Crippen LogP contribution in [0.3, 0.4) is 0 Å². The van der Waals surface area contributed by atoms with Gasteiger partial charge in [-0.2, -0.15) is 0 Å². The first-order valence-corrected chi connectivity index (χ1v) is 9.12. The molecule has 0 aromatic heterocycles. The van der Waals surface area contributed by atoms with Gasteiger partial charge < -0.3 is 0 Å². The molecule has 28 heavy (non-hydrogen) atoms. The normalized spacial score (nSPS) is 34.3. The zero-order valence-electron chi connectivity index (χ0n) is 15.5.